The molecule has 130 valence electrons. The molecule has 0 bridgehead atoms. The lowest BCUT2D eigenvalue weighted by Crippen LogP contribution is -2.29. The molecule has 0 spiro atoms. The number of rotatable bonds is 4. The minimum atomic E-state index is -0.437. The van der Waals surface area contributed by atoms with Gasteiger partial charge in [0.2, 0.25) is 0 Å². The molecule has 1 N–H and O–H groups in total. The third-order valence-electron chi connectivity index (χ3n) is 4.22. The molecule has 2 aromatic carbocycles. The van der Waals surface area contributed by atoms with E-state index in [0.29, 0.717) is 30.8 Å². The summed E-state index contributed by atoms with van der Waals surface area (Å²) in [6, 6.07) is 14.9. The van der Waals surface area contributed by atoms with Crippen molar-refractivity contribution in [3.8, 4) is 0 Å². The topological polar surface area (TPSA) is 68.5 Å². The van der Waals surface area contributed by atoms with Gasteiger partial charge in [0.1, 0.15) is 0 Å². The number of aliphatic hydroxyl groups excluding tert-OH is 1. The van der Waals surface area contributed by atoms with Crippen LogP contribution in [0.1, 0.15) is 16.8 Å². The molecule has 1 fully saturated rings. The molecule has 1 atom stereocenters. The maximum Gasteiger partial charge on any atom is 0.256 e. The third kappa shape index (κ3) is 4.03. The fourth-order valence-corrected chi connectivity index (χ4v) is 2.77. The van der Waals surface area contributed by atoms with Crippen LogP contribution in [0.3, 0.4) is 0 Å². The molecule has 0 saturated carbocycles. The molecule has 0 radical (unpaired) electrons. The first-order valence-electron chi connectivity index (χ1n) is 8.30. The summed E-state index contributed by atoms with van der Waals surface area (Å²) in [5, 5.41) is 18.2. The van der Waals surface area contributed by atoms with Gasteiger partial charge in [0.25, 0.3) is 5.91 Å². The fraction of sp³-hybridized carbons (Fsp3) is 0.316. The molecule has 2 aromatic rings. The van der Waals surface area contributed by atoms with Crippen molar-refractivity contribution in [2.45, 2.75) is 12.5 Å². The predicted octanol–water partition coefficient (Wildman–Crippen LogP) is 3.37. The quantitative estimate of drug-likeness (QED) is 0.869. The number of likely N-dealkylation sites (tertiary alicyclic amines) is 1. The lowest BCUT2D eigenvalue weighted by atomic mass is 10.1. The molecule has 0 aromatic heterocycles. The number of carbonyl (C=O) groups is 1. The fourth-order valence-electron chi connectivity index (χ4n) is 2.77. The van der Waals surface area contributed by atoms with Crippen LogP contribution in [-0.2, 0) is 0 Å². The second-order valence-corrected chi connectivity index (χ2v) is 6.32. The molecular weight excluding hydrogens is 316 g/mol. The van der Waals surface area contributed by atoms with Crippen LogP contribution in [0, 0.1) is 0 Å². The summed E-state index contributed by atoms with van der Waals surface area (Å²) in [5.41, 5.74) is 2.85. The van der Waals surface area contributed by atoms with Crippen molar-refractivity contribution in [1.29, 1.82) is 0 Å². The minimum absolute atomic E-state index is 0.117. The predicted molar refractivity (Wildman–Crippen MR) is 97.9 cm³/mol. The first kappa shape index (κ1) is 17.1. The lowest BCUT2D eigenvalue weighted by molar-refractivity contribution is 0.0765. The van der Waals surface area contributed by atoms with Gasteiger partial charge in [0.15, 0.2) is 0 Å². The summed E-state index contributed by atoms with van der Waals surface area (Å²) < 4.78 is 0. The van der Waals surface area contributed by atoms with Crippen molar-refractivity contribution in [2.75, 3.05) is 32.1 Å². The van der Waals surface area contributed by atoms with Gasteiger partial charge in [-0.05, 0) is 42.8 Å². The van der Waals surface area contributed by atoms with E-state index in [1.165, 1.54) is 0 Å². The maximum atomic E-state index is 12.7. The Balaban J connectivity index is 1.79. The van der Waals surface area contributed by atoms with Gasteiger partial charge in [-0.3, -0.25) is 4.79 Å². The molecule has 1 amide bonds. The number of benzene rings is 2. The molecule has 6 heteroatoms. The lowest BCUT2D eigenvalue weighted by Gasteiger charge is -2.16. The van der Waals surface area contributed by atoms with Gasteiger partial charge in [-0.2, -0.15) is 5.11 Å². The Labute approximate surface area is 147 Å². The number of hydrogen-bond donors (Lipinski definition) is 1. The summed E-state index contributed by atoms with van der Waals surface area (Å²) in [6.45, 7) is 0.938. The van der Waals surface area contributed by atoms with Gasteiger partial charge in [-0.25, -0.2) is 0 Å². The summed E-state index contributed by atoms with van der Waals surface area (Å²) >= 11 is 0. The smallest absolute Gasteiger partial charge is 0.256 e. The number of aliphatic hydroxyl groups is 1. The maximum absolute atomic E-state index is 12.7. The summed E-state index contributed by atoms with van der Waals surface area (Å²) in [7, 11) is 3.96. The van der Waals surface area contributed by atoms with Crippen molar-refractivity contribution >= 4 is 23.0 Å². The molecule has 0 aliphatic carbocycles. The van der Waals surface area contributed by atoms with Crippen LogP contribution in [-0.4, -0.2) is 49.2 Å². The molecule has 6 nitrogen and oxygen atoms in total. The van der Waals surface area contributed by atoms with Crippen molar-refractivity contribution in [3.05, 3.63) is 54.1 Å². The van der Waals surface area contributed by atoms with E-state index in [1.54, 1.807) is 17.0 Å². The first-order chi connectivity index (χ1) is 12.0. The average molecular weight is 338 g/mol. The van der Waals surface area contributed by atoms with Crippen LogP contribution in [0.25, 0.3) is 0 Å². The van der Waals surface area contributed by atoms with Gasteiger partial charge >= 0.3 is 0 Å². The SMILES string of the molecule is CN(C)c1ccc(N=Nc2ccccc2C(=O)N2CC[C@@H](O)C2)cc1. The highest BCUT2D eigenvalue weighted by molar-refractivity contribution is 5.99. The molecular formula is C19H22N4O2. The molecule has 1 heterocycles. The Morgan fingerprint density at radius 1 is 1.12 bits per heavy atom. The Hall–Kier alpha value is -2.73. The summed E-state index contributed by atoms with van der Waals surface area (Å²) in [5.74, 6) is -0.117. The number of amides is 1. The number of anilines is 1. The van der Waals surface area contributed by atoms with E-state index in [-0.39, 0.29) is 5.91 Å². The van der Waals surface area contributed by atoms with Gasteiger partial charge in [-0.15, -0.1) is 5.11 Å². The van der Waals surface area contributed by atoms with Crippen LogP contribution >= 0.6 is 0 Å². The van der Waals surface area contributed by atoms with E-state index in [1.807, 2.05) is 55.4 Å². The molecule has 3 rings (SSSR count). The number of azo groups is 1. The summed E-state index contributed by atoms with van der Waals surface area (Å²) in [4.78, 5) is 16.3. The van der Waals surface area contributed by atoms with E-state index in [4.69, 9.17) is 0 Å². The largest absolute Gasteiger partial charge is 0.391 e. The normalized spacial score (nSPS) is 17.2. The Morgan fingerprint density at radius 2 is 1.84 bits per heavy atom. The van der Waals surface area contributed by atoms with Crippen molar-refractivity contribution in [2.24, 2.45) is 10.2 Å². The number of nitrogens with zero attached hydrogens (tertiary/aromatic N) is 4. The van der Waals surface area contributed by atoms with Crippen LogP contribution in [0.15, 0.2) is 58.8 Å². The zero-order chi connectivity index (χ0) is 17.8. The second-order valence-electron chi connectivity index (χ2n) is 6.32. The number of β-amino-alcohol motifs (C(OH)–C–C–N with tert-alkyl or cyclic N) is 1. The minimum Gasteiger partial charge on any atom is -0.391 e. The Kier molecular flexibility index (Phi) is 5.09. The third-order valence-corrected chi connectivity index (χ3v) is 4.22. The summed E-state index contributed by atoms with van der Waals surface area (Å²) in [6.07, 6.45) is 0.182. The highest BCUT2D eigenvalue weighted by Gasteiger charge is 2.26. The number of hydrogen-bond acceptors (Lipinski definition) is 5. The van der Waals surface area contributed by atoms with E-state index in [0.717, 1.165) is 11.4 Å². The molecule has 1 saturated heterocycles. The van der Waals surface area contributed by atoms with Crippen LogP contribution in [0.4, 0.5) is 17.1 Å². The van der Waals surface area contributed by atoms with E-state index >= 15 is 0 Å². The monoisotopic (exact) mass is 338 g/mol. The highest BCUT2D eigenvalue weighted by atomic mass is 16.3. The molecule has 1 aliphatic heterocycles. The highest BCUT2D eigenvalue weighted by Crippen LogP contribution is 2.26. The molecule has 0 unspecified atom stereocenters. The van der Waals surface area contributed by atoms with E-state index < -0.39 is 6.10 Å². The molecule has 25 heavy (non-hydrogen) atoms. The van der Waals surface area contributed by atoms with Gasteiger partial charge in [0.05, 0.1) is 23.0 Å². The number of carbonyl (C=O) groups excluding carboxylic acids is 1. The Morgan fingerprint density at radius 3 is 2.48 bits per heavy atom. The molecule has 1 aliphatic rings. The first-order valence-corrected chi connectivity index (χ1v) is 8.30. The van der Waals surface area contributed by atoms with Crippen molar-refractivity contribution in [3.63, 3.8) is 0 Å². The average Bonchev–Trinajstić information content (AvgIpc) is 3.06. The van der Waals surface area contributed by atoms with Crippen LogP contribution in [0.5, 0.6) is 0 Å². The van der Waals surface area contributed by atoms with Crippen molar-refractivity contribution < 1.29 is 9.90 Å². The standard InChI is InChI=1S/C19H22N4O2/c1-22(2)15-9-7-14(8-10-15)20-21-18-6-4-3-5-17(18)19(25)23-12-11-16(24)13-23/h3-10,16,24H,11-13H2,1-2H3/t16-/m1/s1. The zero-order valence-electron chi connectivity index (χ0n) is 14.5. The van der Waals surface area contributed by atoms with Gasteiger partial charge < -0.3 is 14.9 Å². The van der Waals surface area contributed by atoms with Crippen LogP contribution < -0.4 is 4.90 Å². The van der Waals surface area contributed by atoms with E-state index in [9.17, 15) is 9.90 Å². The van der Waals surface area contributed by atoms with Crippen LogP contribution in [0.2, 0.25) is 0 Å². The second kappa shape index (κ2) is 7.44. The Bertz CT molecular complexity index is 771. The van der Waals surface area contributed by atoms with Gasteiger partial charge in [0, 0.05) is 32.9 Å². The van der Waals surface area contributed by atoms with Gasteiger partial charge in [-0.1, -0.05) is 12.1 Å². The zero-order valence-corrected chi connectivity index (χ0v) is 14.5. The van der Waals surface area contributed by atoms with Crippen molar-refractivity contribution in [1.82, 2.24) is 4.90 Å². The van der Waals surface area contributed by atoms with E-state index in [2.05, 4.69) is 10.2 Å².